The highest BCUT2D eigenvalue weighted by molar-refractivity contribution is 6.04. The van der Waals surface area contributed by atoms with Gasteiger partial charge in [0.15, 0.2) is 5.65 Å². The molecule has 30 heavy (non-hydrogen) atoms. The van der Waals surface area contributed by atoms with Crippen molar-refractivity contribution in [1.82, 2.24) is 24.8 Å². The lowest BCUT2D eigenvalue weighted by molar-refractivity contribution is 0.102. The minimum absolute atomic E-state index is 0.177. The minimum Gasteiger partial charge on any atom is -0.352 e. The molecule has 0 saturated heterocycles. The van der Waals surface area contributed by atoms with E-state index in [0.717, 1.165) is 25.3 Å². The van der Waals surface area contributed by atoms with Crippen molar-refractivity contribution in [2.24, 2.45) is 0 Å². The molecule has 1 aliphatic rings. The number of carbonyl (C=O) groups excluding carboxylic acids is 1. The summed E-state index contributed by atoms with van der Waals surface area (Å²) in [6, 6.07) is 11.4. The molecule has 2 N–H and O–H groups in total. The molecule has 0 unspecified atom stereocenters. The van der Waals surface area contributed by atoms with Crippen molar-refractivity contribution in [3.63, 3.8) is 0 Å². The highest BCUT2D eigenvalue weighted by Crippen LogP contribution is 2.26. The summed E-state index contributed by atoms with van der Waals surface area (Å²) in [5.41, 5.74) is 4.86. The number of H-pyrrole nitrogens is 1. The van der Waals surface area contributed by atoms with Crippen LogP contribution in [0.2, 0.25) is 0 Å². The fraction of sp³-hybridized carbons (Fsp3) is 0.273. The summed E-state index contributed by atoms with van der Waals surface area (Å²) in [6.07, 6.45) is 4.46. The highest BCUT2D eigenvalue weighted by atomic mass is 16.1. The Kier molecular flexibility index (Phi) is 4.46. The average Bonchev–Trinajstić information content (AvgIpc) is 3.41. The van der Waals surface area contributed by atoms with Gasteiger partial charge < -0.3 is 10.2 Å². The van der Waals surface area contributed by atoms with Crippen molar-refractivity contribution < 1.29 is 4.79 Å². The van der Waals surface area contributed by atoms with Crippen LogP contribution in [-0.2, 0) is 13.0 Å². The van der Waals surface area contributed by atoms with E-state index < -0.39 is 0 Å². The van der Waals surface area contributed by atoms with Crippen molar-refractivity contribution in [3.8, 4) is 0 Å². The minimum atomic E-state index is -0.177. The Morgan fingerprint density at radius 2 is 2.03 bits per heavy atom. The summed E-state index contributed by atoms with van der Waals surface area (Å²) in [4.78, 5) is 19.6. The maximum absolute atomic E-state index is 12.8. The fourth-order valence-corrected chi connectivity index (χ4v) is 3.81. The Labute approximate surface area is 173 Å². The van der Waals surface area contributed by atoms with E-state index >= 15 is 0 Å². The van der Waals surface area contributed by atoms with Gasteiger partial charge in [0, 0.05) is 48.5 Å². The number of rotatable bonds is 4. The second kappa shape index (κ2) is 7.29. The second-order valence-electron chi connectivity index (χ2n) is 7.88. The predicted molar refractivity (Wildman–Crippen MR) is 115 cm³/mol. The van der Waals surface area contributed by atoms with E-state index in [2.05, 4.69) is 44.3 Å². The van der Waals surface area contributed by atoms with Gasteiger partial charge in [0.05, 0.1) is 12.4 Å². The van der Waals surface area contributed by atoms with E-state index in [1.54, 1.807) is 10.7 Å². The van der Waals surface area contributed by atoms with Crippen molar-refractivity contribution >= 4 is 23.2 Å². The Bertz CT molecular complexity index is 1210. The number of carbonyl (C=O) groups is 1. The molecule has 0 atom stereocenters. The Morgan fingerprint density at radius 3 is 2.83 bits per heavy atom. The number of nitrogens with zero attached hydrogens (tertiary/aromatic N) is 5. The van der Waals surface area contributed by atoms with Gasteiger partial charge in [0.25, 0.3) is 5.91 Å². The van der Waals surface area contributed by atoms with Crippen LogP contribution in [0.3, 0.4) is 0 Å². The molecule has 4 aromatic rings. The standard InChI is InChI=1S/C22H23N7O/c1-14(2)15-3-5-16(6-4-15)22(30)26-19-11-21(29-20(25-19)7-9-24-29)28-10-8-18-17(13-28)12-23-27-18/h3-7,9,11-12,14H,8,10,13H2,1-2H3,(H,23,27)(H,25,26,30). The SMILES string of the molecule is CC(C)c1ccc(C(=O)Nc2cc(N3CCc4[nH]ncc4C3)n3nccc3n2)cc1. The summed E-state index contributed by atoms with van der Waals surface area (Å²) in [6.45, 7) is 5.83. The molecule has 4 heterocycles. The summed E-state index contributed by atoms with van der Waals surface area (Å²) in [7, 11) is 0. The normalized spacial score (nSPS) is 13.6. The predicted octanol–water partition coefficient (Wildman–Crippen LogP) is 3.39. The first-order chi connectivity index (χ1) is 14.6. The van der Waals surface area contributed by atoms with Crippen molar-refractivity contribution in [2.75, 3.05) is 16.8 Å². The number of aromatic nitrogens is 5. The number of benzene rings is 1. The molecule has 5 rings (SSSR count). The number of aromatic amines is 1. The van der Waals surface area contributed by atoms with Crippen LogP contribution in [0.15, 0.2) is 48.8 Å². The number of hydrogen-bond donors (Lipinski definition) is 2. The van der Waals surface area contributed by atoms with Crippen LogP contribution in [0.25, 0.3) is 5.65 Å². The maximum atomic E-state index is 12.8. The van der Waals surface area contributed by atoms with Crippen LogP contribution in [-0.4, -0.2) is 37.2 Å². The summed E-state index contributed by atoms with van der Waals surface area (Å²) >= 11 is 0. The smallest absolute Gasteiger partial charge is 0.256 e. The van der Waals surface area contributed by atoms with Crippen LogP contribution >= 0.6 is 0 Å². The van der Waals surface area contributed by atoms with Gasteiger partial charge in [0.2, 0.25) is 0 Å². The van der Waals surface area contributed by atoms with Crippen LogP contribution in [0.5, 0.6) is 0 Å². The fourth-order valence-electron chi connectivity index (χ4n) is 3.81. The van der Waals surface area contributed by atoms with Crippen molar-refractivity contribution in [2.45, 2.75) is 32.7 Å². The molecule has 0 saturated carbocycles. The third-order valence-electron chi connectivity index (χ3n) is 5.55. The van der Waals surface area contributed by atoms with E-state index in [0.29, 0.717) is 22.9 Å². The molecule has 0 aliphatic carbocycles. The van der Waals surface area contributed by atoms with Gasteiger partial charge in [-0.25, -0.2) is 4.98 Å². The van der Waals surface area contributed by atoms with Crippen LogP contribution in [0.1, 0.15) is 46.9 Å². The largest absolute Gasteiger partial charge is 0.352 e. The van der Waals surface area contributed by atoms with Crippen LogP contribution in [0, 0.1) is 0 Å². The van der Waals surface area contributed by atoms with Gasteiger partial charge in [0.1, 0.15) is 11.6 Å². The maximum Gasteiger partial charge on any atom is 0.256 e. The van der Waals surface area contributed by atoms with Crippen molar-refractivity contribution in [1.29, 1.82) is 0 Å². The molecule has 8 nitrogen and oxygen atoms in total. The van der Waals surface area contributed by atoms with Crippen LogP contribution in [0.4, 0.5) is 11.6 Å². The van der Waals surface area contributed by atoms with Gasteiger partial charge in [-0.05, 0) is 23.6 Å². The van der Waals surface area contributed by atoms with E-state index in [1.165, 1.54) is 16.8 Å². The molecule has 0 spiro atoms. The lowest BCUT2D eigenvalue weighted by Gasteiger charge is -2.28. The first-order valence-corrected chi connectivity index (χ1v) is 10.1. The molecule has 1 aliphatic heterocycles. The van der Waals surface area contributed by atoms with Gasteiger partial charge >= 0.3 is 0 Å². The monoisotopic (exact) mass is 401 g/mol. The molecule has 0 radical (unpaired) electrons. The number of anilines is 2. The first-order valence-electron chi connectivity index (χ1n) is 10.1. The first kappa shape index (κ1) is 18.4. The zero-order valence-corrected chi connectivity index (χ0v) is 17.0. The Balaban J connectivity index is 1.43. The zero-order chi connectivity index (χ0) is 20.7. The quantitative estimate of drug-likeness (QED) is 0.547. The third kappa shape index (κ3) is 3.30. The lowest BCUT2D eigenvalue weighted by Crippen LogP contribution is -2.32. The number of nitrogens with one attached hydrogen (secondary N) is 2. The molecule has 0 bridgehead atoms. The number of amides is 1. The molecule has 0 fully saturated rings. The summed E-state index contributed by atoms with van der Waals surface area (Å²) < 4.78 is 1.80. The lowest BCUT2D eigenvalue weighted by atomic mass is 10.0. The molecule has 8 heteroatoms. The third-order valence-corrected chi connectivity index (χ3v) is 5.55. The molecule has 1 amide bonds. The summed E-state index contributed by atoms with van der Waals surface area (Å²) in [5, 5.41) is 14.6. The van der Waals surface area contributed by atoms with Crippen molar-refractivity contribution in [3.05, 3.63) is 71.2 Å². The molecule has 1 aromatic carbocycles. The highest BCUT2D eigenvalue weighted by Gasteiger charge is 2.21. The zero-order valence-electron chi connectivity index (χ0n) is 17.0. The van der Waals surface area contributed by atoms with E-state index in [9.17, 15) is 4.79 Å². The average molecular weight is 401 g/mol. The Hall–Kier alpha value is -3.68. The van der Waals surface area contributed by atoms with E-state index in [1.807, 2.05) is 42.6 Å². The molecule has 3 aromatic heterocycles. The van der Waals surface area contributed by atoms with E-state index in [-0.39, 0.29) is 5.91 Å². The van der Waals surface area contributed by atoms with E-state index in [4.69, 9.17) is 0 Å². The number of fused-ring (bicyclic) bond motifs is 2. The second-order valence-corrected chi connectivity index (χ2v) is 7.88. The van der Waals surface area contributed by atoms with Gasteiger partial charge in [-0.15, -0.1) is 0 Å². The van der Waals surface area contributed by atoms with Gasteiger partial charge in [-0.1, -0.05) is 26.0 Å². The topological polar surface area (TPSA) is 91.2 Å². The summed E-state index contributed by atoms with van der Waals surface area (Å²) in [5.74, 6) is 1.65. The molecular formula is C22H23N7O. The molecular weight excluding hydrogens is 378 g/mol. The number of hydrogen-bond acceptors (Lipinski definition) is 5. The van der Waals surface area contributed by atoms with Gasteiger partial charge in [-0.2, -0.15) is 14.7 Å². The Morgan fingerprint density at radius 1 is 1.20 bits per heavy atom. The van der Waals surface area contributed by atoms with Gasteiger partial charge in [-0.3, -0.25) is 9.89 Å². The molecule has 152 valence electrons. The van der Waals surface area contributed by atoms with Crippen LogP contribution < -0.4 is 10.2 Å².